The Bertz CT molecular complexity index is 770. The standard InChI is InChI=1S/C18H21N3O4S/c1-24-17(23)11-3-2-4-14(5-11)25-16-7-13-9-21(18-20-19-10-26-18)8-12(13)6-15(16)22/h2-5,10,12-13,15-16,22H,6-9H2,1H3/t12-,13+,15+,16+/m0/s1. The van der Waals surface area contributed by atoms with Crippen molar-refractivity contribution < 1.29 is 19.4 Å². The Morgan fingerprint density at radius 1 is 1.31 bits per heavy atom. The van der Waals surface area contributed by atoms with Crippen LogP contribution in [0.15, 0.2) is 29.8 Å². The van der Waals surface area contributed by atoms with Gasteiger partial charge in [0.05, 0.1) is 18.8 Å². The van der Waals surface area contributed by atoms with Crippen LogP contribution in [0.5, 0.6) is 5.75 Å². The maximum Gasteiger partial charge on any atom is 0.337 e. The number of nitrogens with zero attached hydrogens (tertiary/aromatic N) is 3. The van der Waals surface area contributed by atoms with Crippen LogP contribution in [0.25, 0.3) is 0 Å². The highest BCUT2D eigenvalue weighted by atomic mass is 32.1. The van der Waals surface area contributed by atoms with Gasteiger partial charge in [-0.05, 0) is 42.9 Å². The monoisotopic (exact) mass is 375 g/mol. The van der Waals surface area contributed by atoms with E-state index < -0.39 is 12.1 Å². The number of carbonyl (C=O) groups is 1. The molecule has 1 aromatic heterocycles. The van der Waals surface area contributed by atoms with Crippen molar-refractivity contribution in [1.29, 1.82) is 0 Å². The highest BCUT2D eigenvalue weighted by Crippen LogP contribution is 2.39. The average molecular weight is 375 g/mol. The first-order chi connectivity index (χ1) is 12.6. The van der Waals surface area contributed by atoms with E-state index in [1.54, 1.807) is 41.1 Å². The second-order valence-electron chi connectivity index (χ2n) is 6.86. The lowest BCUT2D eigenvalue weighted by Gasteiger charge is -2.35. The number of fused-ring (bicyclic) bond motifs is 1. The third-order valence-corrected chi connectivity index (χ3v) is 6.00. The van der Waals surface area contributed by atoms with Crippen LogP contribution in [-0.2, 0) is 4.74 Å². The van der Waals surface area contributed by atoms with E-state index in [1.807, 2.05) is 0 Å². The van der Waals surface area contributed by atoms with Crippen molar-refractivity contribution in [3.63, 3.8) is 0 Å². The minimum absolute atomic E-state index is 0.279. The van der Waals surface area contributed by atoms with Crippen LogP contribution < -0.4 is 9.64 Å². The molecule has 2 heterocycles. The van der Waals surface area contributed by atoms with Crippen molar-refractivity contribution in [3.05, 3.63) is 35.3 Å². The zero-order valence-corrected chi connectivity index (χ0v) is 15.3. The van der Waals surface area contributed by atoms with Gasteiger partial charge in [0.15, 0.2) is 0 Å². The van der Waals surface area contributed by atoms with Gasteiger partial charge in [0.25, 0.3) is 0 Å². The molecule has 1 aliphatic carbocycles. The summed E-state index contributed by atoms with van der Waals surface area (Å²) in [6.45, 7) is 1.82. The molecule has 138 valence electrons. The van der Waals surface area contributed by atoms with E-state index in [1.165, 1.54) is 7.11 Å². The average Bonchev–Trinajstić information content (AvgIpc) is 3.31. The van der Waals surface area contributed by atoms with Gasteiger partial charge in [0.2, 0.25) is 5.13 Å². The maximum atomic E-state index is 11.7. The molecule has 1 N–H and O–H groups in total. The predicted octanol–water partition coefficient (Wildman–Crippen LogP) is 1.98. The lowest BCUT2D eigenvalue weighted by atomic mass is 9.78. The summed E-state index contributed by atoms with van der Waals surface area (Å²) in [4.78, 5) is 13.9. The third kappa shape index (κ3) is 3.39. The quantitative estimate of drug-likeness (QED) is 0.818. The van der Waals surface area contributed by atoms with Crippen LogP contribution in [0.1, 0.15) is 23.2 Å². The second-order valence-corrected chi connectivity index (χ2v) is 7.67. The Morgan fingerprint density at radius 2 is 2.12 bits per heavy atom. The minimum atomic E-state index is -0.521. The molecule has 2 aliphatic rings. The van der Waals surface area contributed by atoms with Crippen LogP contribution in [0.2, 0.25) is 0 Å². The molecule has 0 radical (unpaired) electrons. The van der Waals surface area contributed by atoms with Gasteiger partial charge in [-0.15, -0.1) is 10.2 Å². The van der Waals surface area contributed by atoms with Crippen molar-refractivity contribution in [2.75, 3.05) is 25.1 Å². The van der Waals surface area contributed by atoms with Crippen LogP contribution in [0.3, 0.4) is 0 Å². The normalized spacial score (nSPS) is 27.8. The molecule has 2 aromatic rings. The zero-order chi connectivity index (χ0) is 18.1. The van der Waals surface area contributed by atoms with E-state index in [-0.39, 0.29) is 6.10 Å². The molecule has 26 heavy (non-hydrogen) atoms. The number of hydrogen-bond donors (Lipinski definition) is 1. The Hall–Kier alpha value is -2.19. The number of aliphatic hydroxyl groups is 1. The van der Waals surface area contributed by atoms with Crippen molar-refractivity contribution in [1.82, 2.24) is 10.2 Å². The van der Waals surface area contributed by atoms with Crippen LogP contribution >= 0.6 is 11.3 Å². The third-order valence-electron chi connectivity index (χ3n) is 5.25. The number of anilines is 1. The highest BCUT2D eigenvalue weighted by Gasteiger charge is 2.43. The molecule has 1 saturated heterocycles. The maximum absolute atomic E-state index is 11.7. The van der Waals surface area contributed by atoms with Gasteiger partial charge in [-0.25, -0.2) is 4.79 Å². The molecule has 7 nitrogen and oxygen atoms in total. The summed E-state index contributed by atoms with van der Waals surface area (Å²) in [7, 11) is 1.35. The predicted molar refractivity (Wildman–Crippen MR) is 96.5 cm³/mol. The SMILES string of the molecule is COC(=O)c1cccc(O[C@@H]2C[C@@H]3CN(c4nncs4)C[C@@H]3C[C@H]2O)c1. The first-order valence-corrected chi connectivity index (χ1v) is 9.56. The van der Waals surface area contributed by atoms with Crippen molar-refractivity contribution in [2.24, 2.45) is 11.8 Å². The summed E-state index contributed by atoms with van der Waals surface area (Å²) in [6, 6.07) is 6.90. The zero-order valence-electron chi connectivity index (χ0n) is 14.4. The molecule has 4 atom stereocenters. The van der Waals surface area contributed by atoms with E-state index in [0.717, 1.165) is 24.6 Å². The number of esters is 1. The van der Waals surface area contributed by atoms with Crippen LogP contribution in [0, 0.1) is 11.8 Å². The molecule has 2 fully saturated rings. The number of methoxy groups -OCH3 is 1. The van der Waals surface area contributed by atoms with Crippen LogP contribution in [0.4, 0.5) is 5.13 Å². The molecule has 1 aromatic carbocycles. The van der Waals surface area contributed by atoms with Gasteiger partial charge in [0, 0.05) is 13.1 Å². The van der Waals surface area contributed by atoms with Gasteiger partial charge in [-0.3, -0.25) is 0 Å². The fourth-order valence-corrected chi connectivity index (χ4v) is 4.55. The highest BCUT2D eigenvalue weighted by molar-refractivity contribution is 7.13. The summed E-state index contributed by atoms with van der Waals surface area (Å²) in [5, 5.41) is 19.6. The molecule has 0 amide bonds. The number of rotatable bonds is 4. The van der Waals surface area contributed by atoms with E-state index in [2.05, 4.69) is 15.1 Å². The van der Waals surface area contributed by atoms with E-state index in [9.17, 15) is 9.90 Å². The number of carbonyl (C=O) groups excluding carboxylic acids is 1. The lowest BCUT2D eigenvalue weighted by Crippen LogP contribution is -2.42. The Balaban J connectivity index is 1.43. The molecule has 0 bridgehead atoms. The van der Waals surface area contributed by atoms with Gasteiger partial charge in [0.1, 0.15) is 17.4 Å². The van der Waals surface area contributed by atoms with E-state index in [4.69, 9.17) is 9.47 Å². The Labute approximate surface area is 155 Å². The minimum Gasteiger partial charge on any atom is -0.488 e. The largest absolute Gasteiger partial charge is 0.488 e. The lowest BCUT2D eigenvalue weighted by molar-refractivity contribution is -0.0231. The van der Waals surface area contributed by atoms with Gasteiger partial charge >= 0.3 is 5.97 Å². The van der Waals surface area contributed by atoms with Gasteiger partial charge in [-0.1, -0.05) is 17.4 Å². The van der Waals surface area contributed by atoms with Crippen molar-refractivity contribution in [3.8, 4) is 5.75 Å². The number of ether oxygens (including phenoxy) is 2. The molecule has 0 spiro atoms. The summed E-state index contributed by atoms with van der Waals surface area (Å²) in [5.74, 6) is 1.07. The molecule has 1 aliphatic heterocycles. The van der Waals surface area contributed by atoms with Gasteiger partial charge in [-0.2, -0.15) is 0 Å². The molecule has 1 saturated carbocycles. The number of hydrogen-bond acceptors (Lipinski definition) is 8. The fourth-order valence-electron chi connectivity index (χ4n) is 3.97. The van der Waals surface area contributed by atoms with Crippen molar-refractivity contribution >= 4 is 22.4 Å². The summed E-state index contributed by atoms with van der Waals surface area (Å²) in [6.07, 6.45) is 0.691. The number of aromatic nitrogens is 2. The number of aliphatic hydroxyl groups excluding tert-OH is 1. The van der Waals surface area contributed by atoms with Crippen molar-refractivity contribution in [2.45, 2.75) is 25.0 Å². The van der Waals surface area contributed by atoms with Gasteiger partial charge < -0.3 is 19.5 Å². The Kier molecular flexibility index (Phi) is 4.78. The fraction of sp³-hybridized carbons (Fsp3) is 0.500. The van der Waals surface area contributed by atoms with E-state index >= 15 is 0 Å². The molecule has 8 heteroatoms. The number of benzene rings is 1. The summed E-state index contributed by atoms with van der Waals surface area (Å²) in [5.41, 5.74) is 2.18. The summed E-state index contributed by atoms with van der Waals surface area (Å²) < 4.78 is 10.8. The first kappa shape index (κ1) is 17.2. The first-order valence-electron chi connectivity index (χ1n) is 8.68. The second kappa shape index (κ2) is 7.20. The van der Waals surface area contributed by atoms with Crippen LogP contribution in [-0.4, -0.2) is 53.7 Å². The molecule has 4 rings (SSSR count). The smallest absolute Gasteiger partial charge is 0.337 e. The summed E-state index contributed by atoms with van der Waals surface area (Å²) >= 11 is 1.54. The molecule has 0 unspecified atom stereocenters. The molecular weight excluding hydrogens is 354 g/mol. The van der Waals surface area contributed by atoms with E-state index in [0.29, 0.717) is 29.6 Å². The topological polar surface area (TPSA) is 84.8 Å². The molecular formula is C18H21N3O4S. The Morgan fingerprint density at radius 3 is 2.85 bits per heavy atom.